The maximum absolute atomic E-state index is 12.7. The summed E-state index contributed by atoms with van der Waals surface area (Å²) in [7, 11) is 0. The monoisotopic (exact) mass is 446 g/mol. The van der Waals surface area contributed by atoms with E-state index in [0.29, 0.717) is 10.7 Å². The molecule has 0 atom stereocenters. The van der Waals surface area contributed by atoms with Crippen molar-refractivity contribution in [3.8, 4) is 11.3 Å². The summed E-state index contributed by atoms with van der Waals surface area (Å²) in [6.07, 6.45) is 1.49. The van der Waals surface area contributed by atoms with Crippen LogP contribution in [0.1, 0.15) is 21.6 Å². The smallest absolute Gasteiger partial charge is 0.257 e. The van der Waals surface area contributed by atoms with E-state index < -0.39 is 0 Å². The molecule has 0 aliphatic heterocycles. The van der Waals surface area contributed by atoms with E-state index >= 15 is 0 Å². The molecule has 3 N–H and O–H groups in total. The van der Waals surface area contributed by atoms with Gasteiger partial charge in [-0.2, -0.15) is 5.10 Å². The molecule has 1 amide bonds. The molecule has 0 aliphatic rings. The van der Waals surface area contributed by atoms with Crippen LogP contribution in [0.2, 0.25) is 0 Å². The largest absolute Gasteiger partial charge is 0.358 e. The summed E-state index contributed by atoms with van der Waals surface area (Å²) < 4.78 is 0. The molecule has 3 aromatic heterocycles. The second-order valence-corrected chi connectivity index (χ2v) is 8.76. The van der Waals surface area contributed by atoms with Crippen molar-refractivity contribution in [1.29, 1.82) is 0 Å². The van der Waals surface area contributed by atoms with Gasteiger partial charge < -0.3 is 4.98 Å². The maximum atomic E-state index is 12.7. The van der Waals surface area contributed by atoms with Crippen LogP contribution in [-0.4, -0.2) is 31.1 Å². The van der Waals surface area contributed by atoms with Gasteiger partial charge >= 0.3 is 0 Å². The maximum Gasteiger partial charge on any atom is 0.257 e. The Morgan fingerprint density at radius 1 is 1.16 bits per heavy atom. The fourth-order valence-electron chi connectivity index (χ4n) is 3.39. The number of fused-ring (bicyclic) bond motifs is 1. The second kappa shape index (κ2) is 8.37. The van der Waals surface area contributed by atoms with Crippen molar-refractivity contribution in [2.24, 2.45) is 0 Å². The number of aromatic nitrogens is 5. The molecule has 0 fully saturated rings. The fraction of sp³-hybridized carbons (Fsp3) is 0.0909. The van der Waals surface area contributed by atoms with Crippen LogP contribution in [0.15, 0.2) is 65.4 Å². The van der Waals surface area contributed by atoms with Crippen LogP contribution >= 0.6 is 23.1 Å². The van der Waals surface area contributed by atoms with Crippen molar-refractivity contribution in [2.45, 2.75) is 17.8 Å². The van der Waals surface area contributed by atoms with E-state index in [1.165, 1.54) is 17.7 Å². The Bertz CT molecular complexity index is 1340. The van der Waals surface area contributed by atoms with Gasteiger partial charge in [-0.1, -0.05) is 42.1 Å². The van der Waals surface area contributed by atoms with Crippen LogP contribution in [0, 0.1) is 6.92 Å². The number of para-hydroxylation sites is 1. The summed E-state index contributed by atoms with van der Waals surface area (Å²) >= 11 is 2.98. The molecule has 3 heterocycles. The van der Waals surface area contributed by atoms with Crippen molar-refractivity contribution in [1.82, 2.24) is 25.1 Å². The van der Waals surface area contributed by atoms with Gasteiger partial charge in [-0.3, -0.25) is 15.2 Å². The lowest BCUT2D eigenvalue weighted by atomic mass is 10.1. The van der Waals surface area contributed by atoms with Crippen LogP contribution in [0.3, 0.4) is 0 Å². The molecule has 5 aromatic rings. The highest BCUT2D eigenvalue weighted by Gasteiger charge is 2.15. The van der Waals surface area contributed by atoms with Gasteiger partial charge in [-0.25, -0.2) is 9.97 Å². The number of carbonyl (C=O) groups excluding carboxylic acids is 1. The zero-order chi connectivity index (χ0) is 21.2. The SMILES string of the molecule is Cc1[nH]c2ccccc2c1-c1csc(NC(=O)c2ccc(CSc3ncn[nH]3)cc2)n1. The summed E-state index contributed by atoms with van der Waals surface area (Å²) in [5, 5.41) is 14.0. The molecule has 154 valence electrons. The molecule has 5 rings (SSSR count). The predicted octanol–water partition coefficient (Wildman–Crippen LogP) is 5.26. The summed E-state index contributed by atoms with van der Waals surface area (Å²) in [6.45, 7) is 2.04. The molecule has 7 nitrogen and oxygen atoms in total. The van der Waals surface area contributed by atoms with E-state index in [1.807, 2.05) is 48.7 Å². The van der Waals surface area contributed by atoms with Crippen LogP contribution in [-0.2, 0) is 5.75 Å². The van der Waals surface area contributed by atoms with E-state index in [-0.39, 0.29) is 5.91 Å². The van der Waals surface area contributed by atoms with Crippen LogP contribution in [0.4, 0.5) is 5.13 Å². The van der Waals surface area contributed by atoms with Gasteiger partial charge in [0, 0.05) is 38.9 Å². The number of carbonyl (C=O) groups is 1. The van der Waals surface area contributed by atoms with Crippen molar-refractivity contribution < 1.29 is 4.79 Å². The molecule has 0 aliphatic carbocycles. The third-order valence-corrected chi connectivity index (χ3v) is 6.56. The summed E-state index contributed by atoms with van der Waals surface area (Å²) in [4.78, 5) is 24.8. The number of nitrogens with zero attached hydrogens (tertiary/aromatic N) is 3. The number of rotatable bonds is 6. The zero-order valence-electron chi connectivity index (χ0n) is 16.5. The average molecular weight is 447 g/mol. The van der Waals surface area contributed by atoms with Gasteiger partial charge in [0.15, 0.2) is 10.3 Å². The van der Waals surface area contributed by atoms with E-state index in [4.69, 9.17) is 0 Å². The van der Waals surface area contributed by atoms with E-state index in [1.54, 1.807) is 11.8 Å². The minimum absolute atomic E-state index is 0.175. The van der Waals surface area contributed by atoms with Gasteiger partial charge in [0.25, 0.3) is 5.91 Å². The summed E-state index contributed by atoms with van der Waals surface area (Å²) in [5.41, 5.74) is 5.76. The Labute approximate surface area is 186 Å². The van der Waals surface area contributed by atoms with Gasteiger partial charge in [0.05, 0.1) is 5.69 Å². The number of hydrogen-bond donors (Lipinski definition) is 3. The predicted molar refractivity (Wildman–Crippen MR) is 124 cm³/mol. The quantitative estimate of drug-likeness (QED) is 0.309. The van der Waals surface area contributed by atoms with E-state index in [2.05, 4.69) is 42.6 Å². The van der Waals surface area contributed by atoms with Gasteiger partial charge in [0.2, 0.25) is 0 Å². The second-order valence-electron chi connectivity index (χ2n) is 6.94. The topological polar surface area (TPSA) is 99.4 Å². The van der Waals surface area contributed by atoms with Crippen LogP contribution in [0.25, 0.3) is 22.2 Å². The third-order valence-electron chi connectivity index (χ3n) is 4.86. The molecule has 0 saturated heterocycles. The highest BCUT2D eigenvalue weighted by molar-refractivity contribution is 7.98. The van der Waals surface area contributed by atoms with Crippen LogP contribution in [0.5, 0.6) is 0 Å². The molecule has 0 bridgehead atoms. The normalized spacial score (nSPS) is 11.1. The minimum Gasteiger partial charge on any atom is -0.358 e. The Kier molecular flexibility index (Phi) is 5.27. The van der Waals surface area contributed by atoms with Crippen molar-refractivity contribution in [2.75, 3.05) is 5.32 Å². The number of aryl methyl sites for hydroxylation is 1. The van der Waals surface area contributed by atoms with Crippen molar-refractivity contribution in [3.63, 3.8) is 0 Å². The Morgan fingerprint density at radius 3 is 2.81 bits per heavy atom. The Morgan fingerprint density at radius 2 is 2.00 bits per heavy atom. The lowest BCUT2D eigenvalue weighted by Crippen LogP contribution is -2.11. The molecule has 0 radical (unpaired) electrons. The van der Waals surface area contributed by atoms with Crippen molar-refractivity contribution in [3.05, 3.63) is 77.1 Å². The number of anilines is 1. The Balaban J connectivity index is 1.28. The first-order valence-electron chi connectivity index (χ1n) is 9.59. The first-order valence-corrected chi connectivity index (χ1v) is 11.5. The van der Waals surface area contributed by atoms with Crippen LogP contribution < -0.4 is 5.32 Å². The van der Waals surface area contributed by atoms with E-state index in [0.717, 1.165) is 44.3 Å². The van der Waals surface area contributed by atoms with Crippen molar-refractivity contribution >= 4 is 45.0 Å². The first-order chi connectivity index (χ1) is 15.2. The van der Waals surface area contributed by atoms with Gasteiger partial charge in [-0.05, 0) is 30.7 Å². The van der Waals surface area contributed by atoms with Gasteiger partial charge in [-0.15, -0.1) is 11.3 Å². The molecular weight excluding hydrogens is 428 g/mol. The molecule has 9 heteroatoms. The molecule has 0 saturated carbocycles. The van der Waals surface area contributed by atoms with E-state index in [9.17, 15) is 4.79 Å². The average Bonchev–Trinajstić information content (AvgIpc) is 3.52. The standard InChI is InChI=1S/C22H18N6OS2/c1-13-19(16-4-2-3-5-17(16)25-13)18-11-31-22(26-18)27-20(29)15-8-6-14(7-9-15)10-30-21-23-12-24-28-21/h2-9,11-12,25H,10H2,1H3,(H,23,24,28)(H,26,27,29). The Hall–Kier alpha value is -3.43. The fourth-order valence-corrected chi connectivity index (χ4v) is 4.82. The zero-order valence-corrected chi connectivity index (χ0v) is 18.2. The summed E-state index contributed by atoms with van der Waals surface area (Å²) in [5.74, 6) is 0.572. The highest BCUT2D eigenvalue weighted by Crippen LogP contribution is 2.34. The highest BCUT2D eigenvalue weighted by atomic mass is 32.2. The molecule has 0 spiro atoms. The number of thiazole rings is 1. The number of aromatic amines is 2. The number of nitrogens with one attached hydrogen (secondary N) is 3. The number of thioether (sulfide) groups is 1. The molecule has 2 aromatic carbocycles. The number of hydrogen-bond acceptors (Lipinski definition) is 6. The number of amides is 1. The number of benzene rings is 2. The number of H-pyrrole nitrogens is 2. The molecular formula is C22H18N6OS2. The summed E-state index contributed by atoms with van der Waals surface area (Å²) in [6, 6.07) is 15.7. The molecule has 31 heavy (non-hydrogen) atoms. The lowest BCUT2D eigenvalue weighted by molar-refractivity contribution is 0.102. The lowest BCUT2D eigenvalue weighted by Gasteiger charge is -2.04. The third kappa shape index (κ3) is 4.10. The van der Waals surface area contributed by atoms with Gasteiger partial charge in [0.1, 0.15) is 6.33 Å². The molecule has 0 unspecified atom stereocenters. The first kappa shape index (κ1) is 19.5. The minimum atomic E-state index is -0.175.